The van der Waals surface area contributed by atoms with E-state index in [1.54, 1.807) is 0 Å². The zero-order valence-corrected chi connectivity index (χ0v) is 11.1. The van der Waals surface area contributed by atoms with Crippen molar-refractivity contribution in [3.8, 4) is 0 Å². The molecule has 0 unspecified atom stereocenters. The van der Waals surface area contributed by atoms with E-state index in [2.05, 4.69) is 17.6 Å². The third-order valence-corrected chi connectivity index (χ3v) is 2.91. The van der Waals surface area contributed by atoms with Gasteiger partial charge in [-0.1, -0.05) is 6.92 Å². The molecule has 0 saturated carbocycles. The van der Waals surface area contributed by atoms with Crippen LogP contribution in [0.1, 0.15) is 13.3 Å². The molecule has 0 heterocycles. The molecule has 0 aliphatic heterocycles. The summed E-state index contributed by atoms with van der Waals surface area (Å²) in [6.07, 6.45) is 1.11. The van der Waals surface area contributed by atoms with Crippen LogP contribution in [0.5, 0.6) is 0 Å². The van der Waals surface area contributed by atoms with Gasteiger partial charge in [-0.05, 0) is 55.0 Å². The average molecular weight is 256 g/mol. The normalized spacial score (nSPS) is 10.4. The Balaban J connectivity index is 2.00. The van der Waals surface area contributed by atoms with Crippen molar-refractivity contribution in [2.75, 3.05) is 22.1 Å². The quantitative estimate of drug-likeness (QED) is 0.490. The summed E-state index contributed by atoms with van der Waals surface area (Å²) in [7, 11) is 0. The molecular formula is C15H20N4. The smallest absolute Gasteiger partial charge is 0.0960 e. The molecule has 100 valence electrons. The Hall–Kier alpha value is -2.36. The first-order chi connectivity index (χ1) is 9.17. The molecular weight excluding hydrogens is 236 g/mol. The minimum absolute atomic E-state index is 0.159. The monoisotopic (exact) mass is 256 g/mol. The van der Waals surface area contributed by atoms with Crippen LogP contribution in [0, 0.1) is 0 Å². The minimum Gasteiger partial charge on any atom is -0.399 e. The zero-order valence-electron chi connectivity index (χ0n) is 11.1. The number of hydrogen-bond donors (Lipinski definition) is 4. The van der Waals surface area contributed by atoms with Crippen LogP contribution in [0.3, 0.4) is 0 Å². The highest BCUT2D eigenvalue weighted by molar-refractivity contribution is 5.55. The number of nitrogens with one attached hydrogen (secondary N) is 2. The summed E-state index contributed by atoms with van der Waals surface area (Å²) in [6, 6.07) is 15.4. The number of nitrogen functional groups attached to an aromatic ring is 2. The maximum atomic E-state index is 5.67. The molecule has 4 nitrogen and oxygen atoms in total. The van der Waals surface area contributed by atoms with Gasteiger partial charge in [0.25, 0.3) is 0 Å². The van der Waals surface area contributed by atoms with Crippen molar-refractivity contribution < 1.29 is 0 Å². The molecule has 0 radical (unpaired) electrons. The Morgan fingerprint density at radius 3 is 1.47 bits per heavy atom. The first kappa shape index (κ1) is 13.1. The summed E-state index contributed by atoms with van der Waals surface area (Å²) in [5.41, 5.74) is 15.0. The van der Waals surface area contributed by atoms with Gasteiger partial charge < -0.3 is 22.1 Å². The zero-order chi connectivity index (χ0) is 13.7. The lowest BCUT2D eigenvalue weighted by Crippen LogP contribution is -2.27. The fourth-order valence-electron chi connectivity index (χ4n) is 1.80. The molecule has 4 heteroatoms. The number of nitrogens with two attached hydrogens (primary N) is 2. The third kappa shape index (κ3) is 3.81. The molecule has 0 atom stereocenters. The highest BCUT2D eigenvalue weighted by Gasteiger charge is 2.05. The number of benzene rings is 2. The second-order valence-corrected chi connectivity index (χ2v) is 4.49. The summed E-state index contributed by atoms with van der Waals surface area (Å²) < 4.78 is 0. The lowest BCUT2D eigenvalue weighted by Gasteiger charge is -2.21. The fraction of sp³-hybridized carbons (Fsp3) is 0.200. The third-order valence-electron chi connectivity index (χ3n) is 2.91. The van der Waals surface area contributed by atoms with Crippen LogP contribution < -0.4 is 22.1 Å². The van der Waals surface area contributed by atoms with Crippen LogP contribution >= 0.6 is 0 Å². The van der Waals surface area contributed by atoms with Crippen LogP contribution in [0.2, 0.25) is 0 Å². The predicted octanol–water partition coefficient (Wildman–Crippen LogP) is 3.11. The average Bonchev–Trinajstić information content (AvgIpc) is 2.43. The van der Waals surface area contributed by atoms with Gasteiger partial charge in [-0.15, -0.1) is 0 Å². The second-order valence-electron chi connectivity index (χ2n) is 4.49. The molecule has 2 aromatic rings. The molecule has 0 aromatic heterocycles. The van der Waals surface area contributed by atoms with Crippen LogP contribution in [0.15, 0.2) is 48.5 Å². The Labute approximate surface area is 113 Å². The molecule has 19 heavy (non-hydrogen) atoms. The Morgan fingerprint density at radius 2 is 1.16 bits per heavy atom. The lowest BCUT2D eigenvalue weighted by molar-refractivity contribution is 0.779. The van der Waals surface area contributed by atoms with Crippen molar-refractivity contribution in [2.24, 2.45) is 0 Å². The molecule has 0 spiro atoms. The highest BCUT2D eigenvalue weighted by atomic mass is 15.1. The minimum atomic E-state index is 0.159. The van der Waals surface area contributed by atoms with Crippen LogP contribution in [0.4, 0.5) is 22.7 Å². The van der Waals surface area contributed by atoms with E-state index in [9.17, 15) is 0 Å². The van der Waals surface area contributed by atoms with Gasteiger partial charge in [0.1, 0.15) is 0 Å². The van der Waals surface area contributed by atoms with Gasteiger partial charge in [0.15, 0.2) is 0 Å². The summed E-state index contributed by atoms with van der Waals surface area (Å²) >= 11 is 0. The fourth-order valence-corrected chi connectivity index (χ4v) is 1.80. The Kier molecular flexibility index (Phi) is 4.13. The molecule has 0 amide bonds. The van der Waals surface area contributed by atoms with Crippen molar-refractivity contribution in [1.29, 1.82) is 0 Å². The van der Waals surface area contributed by atoms with Crippen LogP contribution in [0.25, 0.3) is 0 Å². The van der Waals surface area contributed by atoms with Gasteiger partial charge in [0, 0.05) is 22.7 Å². The van der Waals surface area contributed by atoms with E-state index in [1.807, 2.05) is 48.5 Å². The standard InChI is InChI=1S/C15H20N4/c1-2-15(18-13-7-3-11(16)4-8-13)19-14-9-5-12(17)6-10-14/h3-10,15,18-19H,2,16-17H2,1H3. The van der Waals surface area contributed by atoms with Gasteiger partial charge in [0.2, 0.25) is 0 Å². The maximum Gasteiger partial charge on any atom is 0.0960 e. The largest absolute Gasteiger partial charge is 0.399 e. The van der Waals surface area contributed by atoms with Crippen molar-refractivity contribution in [2.45, 2.75) is 19.5 Å². The number of hydrogen-bond acceptors (Lipinski definition) is 4. The van der Waals surface area contributed by atoms with Crippen LogP contribution in [-0.2, 0) is 0 Å². The van der Waals surface area contributed by atoms with Crippen molar-refractivity contribution in [3.05, 3.63) is 48.5 Å². The Bertz CT molecular complexity index is 457. The van der Waals surface area contributed by atoms with E-state index in [0.717, 1.165) is 29.2 Å². The predicted molar refractivity (Wildman–Crippen MR) is 83.0 cm³/mol. The van der Waals surface area contributed by atoms with E-state index < -0.39 is 0 Å². The van der Waals surface area contributed by atoms with Crippen molar-refractivity contribution in [3.63, 3.8) is 0 Å². The molecule has 2 rings (SSSR count). The lowest BCUT2D eigenvalue weighted by atomic mass is 10.2. The Morgan fingerprint density at radius 1 is 0.789 bits per heavy atom. The van der Waals surface area contributed by atoms with E-state index in [4.69, 9.17) is 11.5 Å². The molecule has 6 N–H and O–H groups in total. The van der Waals surface area contributed by atoms with Gasteiger partial charge in [-0.3, -0.25) is 0 Å². The first-order valence-electron chi connectivity index (χ1n) is 6.41. The van der Waals surface area contributed by atoms with Gasteiger partial charge in [0.05, 0.1) is 6.17 Å². The maximum absolute atomic E-state index is 5.67. The van der Waals surface area contributed by atoms with Crippen molar-refractivity contribution >= 4 is 22.7 Å². The summed E-state index contributed by atoms with van der Waals surface area (Å²) in [6.45, 7) is 2.12. The van der Waals surface area contributed by atoms with Crippen LogP contribution in [-0.4, -0.2) is 6.17 Å². The SMILES string of the molecule is CCC(Nc1ccc(N)cc1)Nc1ccc(N)cc1. The molecule has 0 bridgehead atoms. The highest BCUT2D eigenvalue weighted by Crippen LogP contribution is 2.16. The van der Waals surface area contributed by atoms with Gasteiger partial charge in [-0.25, -0.2) is 0 Å². The molecule has 0 aliphatic carbocycles. The summed E-state index contributed by atoms with van der Waals surface area (Å²) in [5, 5.41) is 6.84. The molecule has 0 fully saturated rings. The van der Waals surface area contributed by atoms with E-state index in [1.165, 1.54) is 0 Å². The van der Waals surface area contributed by atoms with Crippen molar-refractivity contribution in [1.82, 2.24) is 0 Å². The summed E-state index contributed by atoms with van der Waals surface area (Å²) in [4.78, 5) is 0. The topological polar surface area (TPSA) is 76.1 Å². The van der Waals surface area contributed by atoms with E-state index in [0.29, 0.717) is 0 Å². The second kappa shape index (κ2) is 6.00. The van der Waals surface area contributed by atoms with E-state index >= 15 is 0 Å². The van der Waals surface area contributed by atoms with Gasteiger partial charge >= 0.3 is 0 Å². The number of anilines is 4. The molecule has 0 saturated heterocycles. The number of rotatable bonds is 5. The molecule has 0 aliphatic rings. The summed E-state index contributed by atoms with van der Waals surface area (Å²) in [5.74, 6) is 0. The first-order valence-corrected chi connectivity index (χ1v) is 6.41. The van der Waals surface area contributed by atoms with Gasteiger partial charge in [-0.2, -0.15) is 0 Å². The van der Waals surface area contributed by atoms with E-state index in [-0.39, 0.29) is 6.17 Å². The molecule has 2 aromatic carbocycles.